The summed E-state index contributed by atoms with van der Waals surface area (Å²) < 4.78 is 27.1. The van der Waals surface area contributed by atoms with Gasteiger partial charge >= 0.3 is 0 Å². The van der Waals surface area contributed by atoms with E-state index >= 15 is 0 Å². The molecule has 1 amide bonds. The highest BCUT2D eigenvalue weighted by Crippen LogP contribution is 2.23. The molecule has 2 N–H and O–H groups in total. The number of carbonyl (C=O) groups is 1. The molecule has 2 aromatic carbocycles. The summed E-state index contributed by atoms with van der Waals surface area (Å²) in [5.41, 5.74) is 1.08. The highest BCUT2D eigenvalue weighted by atomic mass is 19.1. The van der Waals surface area contributed by atoms with Crippen molar-refractivity contribution in [2.45, 2.75) is 12.5 Å². The first kappa shape index (κ1) is 17.5. The maximum absolute atomic E-state index is 13.6. The SMILES string of the molecule is O=C(CCN1CCNCC1c1cccc(F)c1)Nc1ccccc1F. The highest BCUT2D eigenvalue weighted by Gasteiger charge is 2.24. The number of rotatable bonds is 5. The Balaban J connectivity index is 1.60. The molecule has 2 aromatic rings. The molecule has 4 nitrogen and oxygen atoms in total. The Labute approximate surface area is 145 Å². The van der Waals surface area contributed by atoms with Gasteiger partial charge in [-0.25, -0.2) is 8.78 Å². The molecule has 0 radical (unpaired) electrons. The highest BCUT2D eigenvalue weighted by molar-refractivity contribution is 5.90. The maximum Gasteiger partial charge on any atom is 0.225 e. The zero-order chi connectivity index (χ0) is 17.6. The first-order valence-electron chi connectivity index (χ1n) is 8.38. The summed E-state index contributed by atoms with van der Waals surface area (Å²) in [5.74, 6) is -0.947. The molecule has 1 heterocycles. The van der Waals surface area contributed by atoms with Crippen LogP contribution in [0.3, 0.4) is 0 Å². The van der Waals surface area contributed by atoms with Crippen molar-refractivity contribution in [2.75, 3.05) is 31.5 Å². The molecule has 3 rings (SSSR count). The fourth-order valence-corrected chi connectivity index (χ4v) is 3.08. The van der Waals surface area contributed by atoms with Crippen molar-refractivity contribution in [3.63, 3.8) is 0 Å². The smallest absolute Gasteiger partial charge is 0.225 e. The van der Waals surface area contributed by atoms with Gasteiger partial charge in [0, 0.05) is 38.6 Å². The third-order valence-corrected chi connectivity index (χ3v) is 4.36. The lowest BCUT2D eigenvalue weighted by Crippen LogP contribution is -2.46. The zero-order valence-electron chi connectivity index (χ0n) is 13.8. The molecule has 25 heavy (non-hydrogen) atoms. The number of nitrogens with one attached hydrogen (secondary N) is 2. The average molecular weight is 345 g/mol. The van der Waals surface area contributed by atoms with Crippen LogP contribution in [0.5, 0.6) is 0 Å². The Morgan fingerprint density at radius 1 is 1.20 bits per heavy atom. The molecule has 0 aliphatic carbocycles. The first-order chi connectivity index (χ1) is 12.1. The molecule has 1 atom stereocenters. The van der Waals surface area contributed by atoms with Crippen LogP contribution in [-0.4, -0.2) is 37.0 Å². The van der Waals surface area contributed by atoms with Crippen molar-refractivity contribution in [1.82, 2.24) is 10.2 Å². The van der Waals surface area contributed by atoms with E-state index in [1.807, 2.05) is 6.07 Å². The van der Waals surface area contributed by atoms with Gasteiger partial charge in [-0.1, -0.05) is 24.3 Å². The molecule has 132 valence electrons. The number of anilines is 1. The van der Waals surface area contributed by atoms with Crippen LogP contribution >= 0.6 is 0 Å². The van der Waals surface area contributed by atoms with Crippen LogP contribution in [0.1, 0.15) is 18.0 Å². The summed E-state index contributed by atoms with van der Waals surface area (Å²) in [4.78, 5) is 14.3. The Morgan fingerprint density at radius 2 is 2.04 bits per heavy atom. The number of amides is 1. The van der Waals surface area contributed by atoms with Crippen LogP contribution in [0.2, 0.25) is 0 Å². The van der Waals surface area contributed by atoms with Gasteiger partial charge in [0.2, 0.25) is 5.91 Å². The van der Waals surface area contributed by atoms with E-state index in [1.165, 1.54) is 24.3 Å². The summed E-state index contributed by atoms with van der Waals surface area (Å²) in [6.45, 7) is 2.83. The molecule has 0 bridgehead atoms. The molecule has 1 fully saturated rings. The topological polar surface area (TPSA) is 44.4 Å². The number of carbonyl (C=O) groups excluding carboxylic acids is 1. The van der Waals surface area contributed by atoms with Crippen LogP contribution in [0.25, 0.3) is 0 Å². The van der Waals surface area contributed by atoms with E-state index in [0.717, 1.165) is 18.7 Å². The number of hydrogen-bond donors (Lipinski definition) is 2. The minimum Gasteiger partial charge on any atom is -0.324 e. The molecule has 0 aromatic heterocycles. The van der Waals surface area contributed by atoms with Crippen LogP contribution in [0, 0.1) is 11.6 Å². The molecule has 1 aliphatic heterocycles. The normalized spacial score (nSPS) is 18.1. The standard InChI is InChI=1S/C19H21F2N3O/c20-15-5-3-4-14(12-15)18-13-22-9-11-24(18)10-8-19(25)23-17-7-2-1-6-16(17)21/h1-7,12,18,22H,8-11,13H2,(H,23,25). The van der Waals surface area contributed by atoms with E-state index < -0.39 is 5.82 Å². The molecular formula is C19H21F2N3O. The largest absolute Gasteiger partial charge is 0.324 e. The quantitative estimate of drug-likeness (QED) is 0.876. The summed E-state index contributed by atoms with van der Waals surface area (Å²) in [6, 6.07) is 12.7. The summed E-state index contributed by atoms with van der Waals surface area (Å²) in [6.07, 6.45) is 0.250. The van der Waals surface area contributed by atoms with Crippen LogP contribution in [0.4, 0.5) is 14.5 Å². The molecule has 1 unspecified atom stereocenters. The Hall–Kier alpha value is -2.31. The van der Waals surface area contributed by atoms with Gasteiger partial charge in [-0.2, -0.15) is 0 Å². The Morgan fingerprint density at radius 3 is 2.84 bits per heavy atom. The van der Waals surface area contributed by atoms with Gasteiger partial charge in [0.05, 0.1) is 5.69 Å². The van der Waals surface area contributed by atoms with Crippen molar-refractivity contribution in [2.24, 2.45) is 0 Å². The fourth-order valence-electron chi connectivity index (χ4n) is 3.08. The van der Waals surface area contributed by atoms with Crippen molar-refractivity contribution in [1.29, 1.82) is 0 Å². The second-order valence-corrected chi connectivity index (χ2v) is 6.09. The van der Waals surface area contributed by atoms with E-state index in [4.69, 9.17) is 0 Å². The zero-order valence-corrected chi connectivity index (χ0v) is 13.8. The molecular weight excluding hydrogens is 324 g/mol. The lowest BCUT2D eigenvalue weighted by atomic mass is 10.0. The lowest BCUT2D eigenvalue weighted by Gasteiger charge is -2.36. The van der Waals surface area contributed by atoms with Gasteiger partial charge in [-0.3, -0.25) is 9.69 Å². The molecule has 1 saturated heterocycles. The van der Waals surface area contributed by atoms with Crippen molar-refractivity contribution < 1.29 is 13.6 Å². The number of hydrogen-bond acceptors (Lipinski definition) is 3. The second kappa shape index (κ2) is 8.18. The molecule has 6 heteroatoms. The summed E-state index contributed by atoms with van der Waals surface area (Å²) in [7, 11) is 0. The molecule has 0 saturated carbocycles. The van der Waals surface area contributed by atoms with Gasteiger partial charge < -0.3 is 10.6 Å². The van der Waals surface area contributed by atoms with Crippen LogP contribution < -0.4 is 10.6 Å². The minimum absolute atomic E-state index is 0.0192. The Kier molecular flexibility index (Phi) is 5.73. The van der Waals surface area contributed by atoms with Gasteiger partial charge in [0.1, 0.15) is 11.6 Å². The van der Waals surface area contributed by atoms with Gasteiger partial charge in [-0.15, -0.1) is 0 Å². The van der Waals surface area contributed by atoms with E-state index in [-0.39, 0.29) is 29.9 Å². The predicted molar refractivity (Wildman–Crippen MR) is 93.2 cm³/mol. The number of benzene rings is 2. The fraction of sp³-hybridized carbons (Fsp3) is 0.316. The van der Waals surface area contributed by atoms with Crippen LogP contribution in [-0.2, 0) is 4.79 Å². The maximum atomic E-state index is 13.6. The van der Waals surface area contributed by atoms with E-state index in [9.17, 15) is 13.6 Å². The van der Waals surface area contributed by atoms with Gasteiger partial charge in [0.15, 0.2) is 0 Å². The Bertz CT molecular complexity index is 738. The van der Waals surface area contributed by atoms with Gasteiger partial charge in [0.25, 0.3) is 0 Å². The third kappa shape index (κ3) is 4.61. The van der Waals surface area contributed by atoms with E-state index in [1.54, 1.807) is 18.2 Å². The van der Waals surface area contributed by atoms with E-state index in [0.29, 0.717) is 13.1 Å². The van der Waals surface area contributed by atoms with Crippen molar-refractivity contribution in [3.8, 4) is 0 Å². The number of nitrogens with zero attached hydrogens (tertiary/aromatic N) is 1. The predicted octanol–water partition coefficient (Wildman–Crippen LogP) is 2.94. The number of para-hydroxylation sites is 1. The third-order valence-electron chi connectivity index (χ3n) is 4.36. The minimum atomic E-state index is -0.448. The van der Waals surface area contributed by atoms with E-state index in [2.05, 4.69) is 15.5 Å². The first-order valence-corrected chi connectivity index (χ1v) is 8.38. The van der Waals surface area contributed by atoms with Crippen molar-refractivity contribution >= 4 is 11.6 Å². The number of piperazine rings is 1. The van der Waals surface area contributed by atoms with Crippen molar-refractivity contribution in [3.05, 3.63) is 65.7 Å². The molecule has 1 aliphatic rings. The summed E-state index contributed by atoms with van der Waals surface area (Å²) in [5, 5.41) is 5.90. The van der Waals surface area contributed by atoms with Gasteiger partial charge in [-0.05, 0) is 29.8 Å². The average Bonchev–Trinajstić information content (AvgIpc) is 2.62. The number of halogens is 2. The molecule has 0 spiro atoms. The lowest BCUT2D eigenvalue weighted by molar-refractivity contribution is -0.116. The second-order valence-electron chi connectivity index (χ2n) is 6.09. The summed E-state index contributed by atoms with van der Waals surface area (Å²) >= 11 is 0. The van der Waals surface area contributed by atoms with Crippen LogP contribution in [0.15, 0.2) is 48.5 Å². The monoisotopic (exact) mass is 345 g/mol.